The summed E-state index contributed by atoms with van der Waals surface area (Å²) in [7, 11) is 0. The first kappa shape index (κ1) is 28.5. The second-order valence-corrected chi connectivity index (χ2v) is 10.1. The molecule has 2 aromatic heterocycles. The first-order valence-corrected chi connectivity index (χ1v) is 13.1. The molecule has 0 amide bonds. The van der Waals surface area contributed by atoms with E-state index in [0.29, 0.717) is 17.9 Å². The predicted octanol–water partition coefficient (Wildman–Crippen LogP) is 0.834. The minimum Gasteiger partial charge on any atom is -0.487 e. The molecule has 6 N–H and O–H groups in total. The van der Waals surface area contributed by atoms with E-state index in [1.54, 1.807) is 24.3 Å². The number of aliphatic hydroxyl groups is 3. The van der Waals surface area contributed by atoms with Gasteiger partial charge in [0.25, 0.3) is 0 Å². The molecule has 1 aliphatic heterocycles. The molecule has 210 valence electrons. The van der Waals surface area contributed by atoms with Crippen LogP contribution in [0.5, 0.6) is 5.75 Å². The van der Waals surface area contributed by atoms with Crippen LogP contribution in [0.1, 0.15) is 30.4 Å². The fourth-order valence-electron chi connectivity index (χ4n) is 3.76. The Morgan fingerprint density at radius 2 is 1.97 bits per heavy atom. The molecule has 3 heterocycles. The number of ether oxygens (including phenoxy) is 3. The van der Waals surface area contributed by atoms with Gasteiger partial charge in [-0.3, -0.25) is 4.57 Å². The number of carbonyl (C=O) groups is 1. The van der Waals surface area contributed by atoms with E-state index in [1.807, 2.05) is 13.8 Å². The van der Waals surface area contributed by atoms with Crippen LogP contribution in [0.15, 0.2) is 40.9 Å². The Morgan fingerprint density at radius 1 is 1.23 bits per heavy atom. The number of esters is 1. The first-order valence-electron chi connectivity index (χ1n) is 12.1. The third-order valence-corrected chi connectivity index (χ3v) is 6.82. The highest BCUT2D eigenvalue weighted by Gasteiger charge is 2.45. The van der Waals surface area contributed by atoms with Crippen LogP contribution >= 0.6 is 11.8 Å². The van der Waals surface area contributed by atoms with Gasteiger partial charge in [0.2, 0.25) is 0 Å². The lowest BCUT2D eigenvalue weighted by atomic mass is 10.1. The number of aromatic nitrogens is 4. The Balaban J connectivity index is 1.44. The van der Waals surface area contributed by atoms with Crippen LogP contribution in [-0.4, -0.2) is 95.6 Å². The number of hydrogen-bond donors (Lipinski definition) is 5. The van der Waals surface area contributed by atoms with E-state index in [-0.39, 0.29) is 46.1 Å². The van der Waals surface area contributed by atoms with Crippen LogP contribution in [0.4, 0.5) is 5.82 Å². The third-order valence-electron chi connectivity index (χ3n) is 5.80. The second-order valence-electron chi connectivity index (χ2n) is 9.18. The van der Waals surface area contributed by atoms with E-state index >= 15 is 0 Å². The van der Waals surface area contributed by atoms with Crippen molar-refractivity contribution in [1.29, 1.82) is 0 Å². The van der Waals surface area contributed by atoms with Crippen molar-refractivity contribution < 1.29 is 39.5 Å². The maximum atomic E-state index is 12.1. The van der Waals surface area contributed by atoms with Gasteiger partial charge in [-0.1, -0.05) is 30.8 Å². The van der Waals surface area contributed by atoms with Crippen molar-refractivity contribution in [2.45, 2.75) is 43.5 Å². The van der Waals surface area contributed by atoms with Gasteiger partial charge in [0.1, 0.15) is 42.7 Å². The Morgan fingerprint density at radius 3 is 2.62 bits per heavy atom. The van der Waals surface area contributed by atoms with Gasteiger partial charge in [-0.25, -0.2) is 19.7 Å². The zero-order valence-electron chi connectivity index (χ0n) is 21.2. The van der Waals surface area contributed by atoms with E-state index < -0.39 is 37.1 Å². The molecule has 1 aromatic carbocycles. The molecule has 4 rings (SSSR count). The summed E-state index contributed by atoms with van der Waals surface area (Å²) in [5.41, 5.74) is 7.11. The molecular weight excluding hydrogens is 532 g/mol. The van der Waals surface area contributed by atoms with Gasteiger partial charge in [0, 0.05) is 5.75 Å². The number of nitrogen functional groups attached to an aromatic ring is 1. The molecule has 0 spiro atoms. The summed E-state index contributed by atoms with van der Waals surface area (Å²) in [5, 5.41) is 43.5. The number of nitrogens with two attached hydrogens (primary N) is 1. The first-order chi connectivity index (χ1) is 18.7. The SMILES string of the molecule is CC(C)COC(=O)c1ccc(OCC(CSc2nc3c(N)ncnc3n2[C@@H]2O[C@H](CO)[C@@H](O)[C@H]2O)=NO)cc1. The number of hydrogen-bond acceptors (Lipinski definition) is 14. The number of anilines is 1. The van der Waals surface area contributed by atoms with Gasteiger partial charge in [-0.15, -0.1) is 0 Å². The number of benzene rings is 1. The fourth-order valence-corrected chi connectivity index (χ4v) is 4.68. The Bertz CT molecular complexity index is 1320. The van der Waals surface area contributed by atoms with Crippen LogP contribution in [-0.2, 0) is 9.47 Å². The quantitative estimate of drug-likeness (QED) is 0.0722. The molecule has 15 heteroatoms. The summed E-state index contributed by atoms with van der Waals surface area (Å²) in [6.07, 6.45) is -3.60. The van der Waals surface area contributed by atoms with Gasteiger partial charge in [0.05, 0.1) is 18.8 Å². The summed E-state index contributed by atoms with van der Waals surface area (Å²) in [6.45, 7) is 3.65. The average Bonchev–Trinajstić information content (AvgIpc) is 3.44. The smallest absolute Gasteiger partial charge is 0.338 e. The molecule has 1 fully saturated rings. The Hall–Kier alpha value is -3.50. The van der Waals surface area contributed by atoms with Crippen LogP contribution in [0.2, 0.25) is 0 Å². The fraction of sp³-hybridized carbons (Fsp3) is 0.458. The second kappa shape index (κ2) is 12.6. The summed E-state index contributed by atoms with van der Waals surface area (Å²) >= 11 is 1.12. The van der Waals surface area contributed by atoms with Crippen molar-refractivity contribution in [2.24, 2.45) is 11.1 Å². The minimum absolute atomic E-state index is 0.0727. The summed E-state index contributed by atoms with van der Waals surface area (Å²) in [5.74, 6) is 0.465. The molecule has 0 saturated carbocycles. The van der Waals surface area contributed by atoms with Gasteiger partial charge < -0.3 is 40.5 Å². The van der Waals surface area contributed by atoms with Crippen LogP contribution < -0.4 is 10.5 Å². The number of carbonyl (C=O) groups excluding carboxylic acids is 1. The van der Waals surface area contributed by atoms with Crippen molar-refractivity contribution >= 4 is 40.4 Å². The van der Waals surface area contributed by atoms with Crippen LogP contribution in [0.25, 0.3) is 11.2 Å². The molecule has 0 unspecified atom stereocenters. The highest BCUT2D eigenvalue weighted by molar-refractivity contribution is 7.99. The number of fused-ring (bicyclic) bond motifs is 1. The topological polar surface area (TPSA) is 208 Å². The predicted molar refractivity (Wildman–Crippen MR) is 140 cm³/mol. The number of thioether (sulfide) groups is 1. The highest BCUT2D eigenvalue weighted by atomic mass is 32.2. The highest BCUT2D eigenvalue weighted by Crippen LogP contribution is 2.36. The third kappa shape index (κ3) is 6.39. The van der Waals surface area contributed by atoms with Crippen LogP contribution in [0.3, 0.4) is 0 Å². The summed E-state index contributed by atoms with van der Waals surface area (Å²) in [6, 6.07) is 6.38. The Kier molecular flexibility index (Phi) is 9.19. The molecule has 0 aliphatic carbocycles. The van der Waals surface area contributed by atoms with Gasteiger partial charge in [0.15, 0.2) is 28.4 Å². The number of imidazole rings is 1. The van der Waals surface area contributed by atoms with E-state index in [1.165, 1.54) is 10.9 Å². The molecule has 0 bridgehead atoms. The zero-order chi connectivity index (χ0) is 28.1. The van der Waals surface area contributed by atoms with E-state index in [2.05, 4.69) is 20.1 Å². The summed E-state index contributed by atoms with van der Waals surface area (Å²) in [4.78, 5) is 24.7. The van der Waals surface area contributed by atoms with E-state index in [4.69, 9.17) is 19.9 Å². The summed E-state index contributed by atoms with van der Waals surface area (Å²) < 4.78 is 18.0. The minimum atomic E-state index is -1.38. The largest absolute Gasteiger partial charge is 0.487 e. The van der Waals surface area contributed by atoms with Gasteiger partial charge in [-0.05, 0) is 30.2 Å². The monoisotopic (exact) mass is 562 g/mol. The molecule has 39 heavy (non-hydrogen) atoms. The van der Waals surface area contributed by atoms with E-state index in [0.717, 1.165) is 11.8 Å². The van der Waals surface area contributed by atoms with Crippen molar-refractivity contribution in [1.82, 2.24) is 19.5 Å². The van der Waals surface area contributed by atoms with Gasteiger partial charge in [-0.2, -0.15) is 0 Å². The molecular formula is C24H30N6O8S. The molecule has 14 nitrogen and oxygen atoms in total. The lowest BCUT2D eigenvalue weighted by molar-refractivity contribution is -0.0548. The Labute approximate surface area is 227 Å². The van der Waals surface area contributed by atoms with Crippen molar-refractivity contribution in [2.75, 3.05) is 31.3 Å². The number of nitrogens with zero attached hydrogens (tertiary/aromatic N) is 5. The van der Waals surface area contributed by atoms with Crippen LogP contribution in [0, 0.1) is 5.92 Å². The number of rotatable bonds is 11. The molecule has 0 radical (unpaired) electrons. The lowest BCUT2D eigenvalue weighted by Crippen LogP contribution is -2.33. The number of oxime groups is 1. The van der Waals surface area contributed by atoms with Crippen molar-refractivity contribution in [3.05, 3.63) is 36.2 Å². The maximum Gasteiger partial charge on any atom is 0.338 e. The maximum absolute atomic E-state index is 12.1. The van der Waals surface area contributed by atoms with E-state index in [9.17, 15) is 25.3 Å². The number of aliphatic hydroxyl groups excluding tert-OH is 3. The van der Waals surface area contributed by atoms with Crippen molar-refractivity contribution in [3.63, 3.8) is 0 Å². The van der Waals surface area contributed by atoms with Crippen molar-refractivity contribution in [3.8, 4) is 5.75 Å². The molecule has 1 aliphatic rings. The average molecular weight is 563 g/mol. The van der Waals surface area contributed by atoms with Gasteiger partial charge >= 0.3 is 5.97 Å². The normalized spacial score (nSPS) is 21.5. The molecule has 3 aromatic rings. The molecule has 1 saturated heterocycles. The molecule has 4 atom stereocenters. The zero-order valence-corrected chi connectivity index (χ0v) is 22.1. The lowest BCUT2D eigenvalue weighted by Gasteiger charge is -2.19. The standard InChI is InChI=1S/C24H30N6O8S/c1-12(2)8-37-23(34)13-3-5-15(6-4-13)36-9-14(29-35)10-39-24-28-17-20(25)26-11-27-21(17)30(24)22-19(33)18(32)16(7-31)38-22/h3-6,11-12,16,18-19,22,31-33,35H,7-10H2,1-2H3,(H2,25,26,27)/t16-,18-,19-,22-/m1/s1.